The van der Waals surface area contributed by atoms with E-state index in [1.165, 1.54) is 0 Å². The van der Waals surface area contributed by atoms with Gasteiger partial charge in [-0.3, -0.25) is 9.20 Å². The zero-order valence-corrected chi connectivity index (χ0v) is 14.3. The second-order valence-corrected chi connectivity index (χ2v) is 5.95. The number of nitrogens with zero attached hydrogens (tertiary/aromatic N) is 3. The second kappa shape index (κ2) is 6.34. The van der Waals surface area contributed by atoms with Crippen LogP contribution in [0, 0.1) is 6.92 Å². The standard InChI is InChI=1S/C17H15BrN4O/c1-11(13-7-3-4-8-14(13)18)20-21-17(23)16-12(2)19-15-9-5-6-10-22(15)16/h3-10H,1-2H3,(H,21,23)/b20-11-. The summed E-state index contributed by atoms with van der Waals surface area (Å²) in [5, 5.41) is 4.21. The molecule has 0 saturated carbocycles. The van der Waals surface area contributed by atoms with Gasteiger partial charge in [-0.1, -0.05) is 40.2 Å². The first kappa shape index (κ1) is 15.4. The smallest absolute Gasteiger partial charge is 0.290 e. The van der Waals surface area contributed by atoms with Crippen molar-refractivity contribution in [1.82, 2.24) is 14.8 Å². The molecule has 1 aromatic carbocycles. The summed E-state index contributed by atoms with van der Waals surface area (Å²) in [6.07, 6.45) is 1.81. The van der Waals surface area contributed by atoms with Gasteiger partial charge in [0.15, 0.2) is 0 Å². The summed E-state index contributed by atoms with van der Waals surface area (Å²) in [6.45, 7) is 3.66. The Bertz CT molecular complexity index is 914. The zero-order valence-electron chi connectivity index (χ0n) is 12.7. The topological polar surface area (TPSA) is 58.8 Å². The van der Waals surface area contributed by atoms with E-state index in [9.17, 15) is 4.79 Å². The molecule has 3 rings (SSSR count). The summed E-state index contributed by atoms with van der Waals surface area (Å²) >= 11 is 3.48. The average molecular weight is 371 g/mol. The third-order valence-electron chi connectivity index (χ3n) is 3.51. The SMILES string of the molecule is C/C(=N/NC(=O)c1c(C)nc2ccccn12)c1ccccc1Br. The maximum atomic E-state index is 12.5. The highest BCUT2D eigenvalue weighted by atomic mass is 79.9. The van der Waals surface area contributed by atoms with Crippen LogP contribution in [0.4, 0.5) is 0 Å². The molecule has 5 nitrogen and oxygen atoms in total. The maximum Gasteiger partial charge on any atom is 0.290 e. The van der Waals surface area contributed by atoms with Gasteiger partial charge < -0.3 is 0 Å². The molecule has 0 aliphatic carbocycles. The number of nitrogens with one attached hydrogen (secondary N) is 1. The number of hydrazone groups is 1. The van der Waals surface area contributed by atoms with Crippen LogP contribution < -0.4 is 5.43 Å². The number of hydrogen-bond donors (Lipinski definition) is 1. The number of fused-ring (bicyclic) bond motifs is 1. The van der Waals surface area contributed by atoms with Gasteiger partial charge in [0, 0.05) is 16.2 Å². The van der Waals surface area contributed by atoms with Crippen molar-refractivity contribution in [3.63, 3.8) is 0 Å². The number of imidazole rings is 1. The molecular formula is C17H15BrN4O. The molecule has 1 N–H and O–H groups in total. The quantitative estimate of drug-likeness (QED) is 0.565. The van der Waals surface area contributed by atoms with Gasteiger partial charge in [-0.25, -0.2) is 10.4 Å². The molecule has 0 saturated heterocycles. The highest BCUT2D eigenvalue weighted by molar-refractivity contribution is 9.10. The molecule has 0 fully saturated rings. The van der Waals surface area contributed by atoms with E-state index in [0.717, 1.165) is 21.4 Å². The van der Waals surface area contributed by atoms with Gasteiger partial charge in [-0.2, -0.15) is 5.10 Å². The molecule has 0 bridgehead atoms. The number of rotatable bonds is 3. The largest absolute Gasteiger partial charge is 0.295 e. The Morgan fingerprint density at radius 3 is 2.74 bits per heavy atom. The number of aryl methyl sites for hydroxylation is 1. The van der Waals surface area contributed by atoms with Gasteiger partial charge in [0.2, 0.25) is 0 Å². The first-order valence-electron chi connectivity index (χ1n) is 7.11. The highest BCUT2D eigenvalue weighted by Crippen LogP contribution is 2.16. The Kier molecular flexibility index (Phi) is 4.25. The van der Waals surface area contributed by atoms with Gasteiger partial charge in [0.25, 0.3) is 5.91 Å². The van der Waals surface area contributed by atoms with Crippen LogP contribution in [-0.4, -0.2) is 21.0 Å². The molecule has 0 radical (unpaired) electrons. The van der Waals surface area contributed by atoms with Crippen LogP contribution in [0.25, 0.3) is 5.65 Å². The predicted octanol–water partition coefficient (Wildman–Crippen LogP) is 3.56. The summed E-state index contributed by atoms with van der Waals surface area (Å²) < 4.78 is 2.69. The number of amides is 1. The average Bonchev–Trinajstić information content (AvgIpc) is 2.88. The Labute approximate surface area is 142 Å². The number of benzene rings is 1. The molecule has 0 aliphatic heterocycles. The van der Waals surface area contributed by atoms with Crippen molar-refractivity contribution in [3.8, 4) is 0 Å². The van der Waals surface area contributed by atoms with Gasteiger partial charge in [-0.15, -0.1) is 0 Å². The van der Waals surface area contributed by atoms with Crippen LogP contribution in [0.1, 0.15) is 28.7 Å². The van der Waals surface area contributed by atoms with Gasteiger partial charge >= 0.3 is 0 Å². The van der Waals surface area contributed by atoms with Crippen molar-refractivity contribution in [2.75, 3.05) is 0 Å². The van der Waals surface area contributed by atoms with Crippen molar-refractivity contribution in [2.24, 2.45) is 5.10 Å². The number of carbonyl (C=O) groups excluding carboxylic acids is 1. The first-order chi connectivity index (χ1) is 11.1. The molecule has 2 heterocycles. The third-order valence-corrected chi connectivity index (χ3v) is 4.20. The van der Waals surface area contributed by atoms with Crippen molar-refractivity contribution >= 4 is 33.2 Å². The van der Waals surface area contributed by atoms with E-state index in [4.69, 9.17) is 0 Å². The Balaban J connectivity index is 1.88. The molecule has 116 valence electrons. The predicted molar refractivity (Wildman–Crippen MR) is 93.7 cm³/mol. The first-order valence-corrected chi connectivity index (χ1v) is 7.90. The minimum Gasteiger partial charge on any atom is -0.295 e. The minimum absolute atomic E-state index is 0.285. The monoisotopic (exact) mass is 370 g/mol. The van der Waals surface area contributed by atoms with Crippen LogP contribution >= 0.6 is 15.9 Å². The normalized spacial score (nSPS) is 11.7. The number of pyridine rings is 1. The van der Waals surface area contributed by atoms with Crippen molar-refractivity contribution in [1.29, 1.82) is 0 Å². The lowest BCUT2D eigenvalue weighted by Crippen LogP contribution is -2.22. The fourth-order valence-electron chi connectivity index (χ4n) is 2.39. The van der Waals surface area contributed by atoms with E-state index >= 15 is 0 Å². The van der Waals surface area contributed by atoms with Crippen LogP contribution in [0.5, 0.6) is 0 Å². The molecule has 3 aromatic rings. The molecule has 6 heteroatoms. The highest BCUT2D eigenvalue weighted by Gasteiger charge is 2.16. The summed E-state index contributed by atoms with van der Waals surface area (Å²) in [7, 11) is 0. The Morgan fingerprint density at radius 1 is 1.22 bits per heavy atom. The number of hydrogen-bond acceptors (Lipinski definition) is 3. The van der Waals surface area contributed by atoms with E-state index in [1.54, 1.807) is 4.40 Å². The summed E-state index contributed by atoms with van der Waals surface area (Å²) in [6, 6.07) is 13.3. The van der Waals surface area contributed by atoms with Gasteiger partial charge in [0.1, 0.15) is 11.3 Å². The molecule has 0 atom stereocenters. The van der Waals surface area contributed by atoms with Crippen LogP contribution in [-0.2, 0) is 0 Å². The summed E-state index contributed by atoms with van der Waals surface area (Å²) in [5.74, 6) is -0.285. The van der Waals surface area contributed by atoms with E-state index < -0.39 is 0 Å². The zero-order chi connectivity index (χ0) is 16.4. The van der Waals surface area contributed by atoms with E-state index in [-0.39, 0.29) is 5.91 Å². The fraction of sp³-hybridized carbons (Fsp3) is 0.118. The van der Waals surface area contributed by atoms with Crippen molar-refractivity contribution in [2.45, 2.75) is 13.8 Å². The lowest BCUT2D eigenvalue weighted by atomic mass is 10.1. The van der Waals surface area contributed by atoms with Crippen molar-refractivity contribution in [3.05, 3.63) is 70.1 Å². The van der Waals surface area contributed by atoms with Crippen LogP contribution in [0.3, 0.4) is 0 Å². The molecule has 0 unspecified atom stereocenters. The summed E-state index contributed by atoms with van der Waals surface area (Å²) in [5.41, 5.74) is 6.16. The Morgan fingerprint density at radius 2 is 1.96 bits per heavy atom. The van der Waals surface area contributed by atoms with Gasteiger partial charge in [0.05, 0.1) is 11.4 Å². The second-order valence-electron chi connectivity index (χ2n) is 5.09. The van der Waals surface area contributed by atoms with E-state index in [1.807, 2.05) is 62.5 Å². The molecule has 2 aromatic heterocycles. The Hall–Kier alpha value is -2.47. The van der Waals surface area contributed by atoms with Gasteiger partial charge in [-0.05, 0) is 32.0 Å². The van der Waals surface area contributed by atoms with E-state index in [0.29, 0.717) is 11.4 Å². The fourth-order valence-corrected chi connectivity index (χ4v) is 2.96. The number of aromatic nitrogens is 2. The molecule has 0 spiro atoms. The maximum absolute atomic E-state index is 12.5. The van der Waals surface area contributed by atoms with E-state index in [2.05, 4.69) is 31.4 Å². The van der Waals surface area contributed by atoms with Crippen molar-refractivity contribution < 1.29 is 4.79 Å². The number of carbonyl (C=O) groups is 1. The third kappa shape index (κ3) is 3.03. The molecule has 0 aliphatic rings. The summed E-state index contributed by atoms with van der Waals surface area (Å²) in [4.78, 5) is 16.9. The molecule has 23 heavy (non-hydrogen) atoms. The molecule has 1 amide bonds. The number of halogens is 1. The van der Waals surface area contributed by atoms with Crippen LogP contribution in [0.2, 0.25) is 0 Å². The molecular weight excluding hydrogens is 356 g/mol. The van der Waals surface area contributed by atoms with Crippen LogP contribution in [0.15, 0.2) is 58.2 Å². The lowest BCUT2D eigenvalue weighted by Gasteiger charge is -2.05. The minimum atomic E-state index is -0.285. The lowest BCUT2D eigenvalue weighted by molar-refractivity contribution is 0.0948.